The molecule has 23 heavy (non-hydrogen) atoms. The Bertz CT molecular complexity index is 652. The van der Waals surface area contributed by atoms with Crippen molar-refractivity contribution in [1.82, 2.24) is 15.5 Å². The number of benzene rings is 1. The summed E-state index contributed by atoms with van der Waals surface area (Å²) in [6, 6.07) is 9.21. The van der Waals surface area contributed by atoms with Gasteiger partial charge in [-0.3, -0.25) is 9.89 Å². The summed E-state index contributed by atoms with van der Waals surface area (Å²) < 4.78 is 5.19. The number of hydrogen-bond donors (Lipinski definition) is 3. The molecule has 3 N–H and O–H groups in total. The van der Waals surface area contributed by atoms with Crippen LogP contribution >= 0.6 is 0 Å². The van der Waals surface area contributed by atoms with Gasteiger partial charge in [0, 0.05) is 12.1 Å². The van der Waals surface area contributed by atoms with E-state index in [0.29, 0.717) is 24.4 Å². The number of nitrogens with zero attached hydrogens (tertiary/aromatic N) is 1. The number of H-pyrrole nitrogens is 1. The zero-order valence-electron chi connectivity index (χ0n) is 13.7. The predicted molar refractivity (Wildman–Crippen MR) is 88.4 cm³/mol. The van der Waals surface area contributed by atoms with Crippen molar-refractivity contribution in [2.75, 3.05) is 13.7 Å². The van der Waals surface area contributed by atoms with Crippen LogP contribution in [0.25, 0.3) is 11.3 Å². The number of aliphatic hydroxyl groups excluding tert-OH is 1. The number of amides is 1. The highest BCUT2D eigenvalue weighted by Crippen LogP contribution is 2.22. The fourth-order valence-corrected chi connectivity index (χ4v) is 2.40. The molecule has 0 radical (unpaired) electrons. The zero-order chi connectivity index (χ0) is 16.8. The van der Waals surface area contributed by atoms with Crippen LogP contribution in [0.15, 0.2) is 30.3 Å². The van der Waals surface area contributed by atoms with Gasteiger partial charge in [-0.05, 0) is 37.5 Å². The van der Waals surface area contributed by atoms with E-state index >= 15 is 0 Å². The van der Waals surface area contributed by atoms with Crippen LogP contribution < -0.4 is 10.1 Å². The first-order valence-electron chi connectivity index (χ1n) is 7.65. The lowest BCUT2D eigenvalue weighted by Crippen LogP contribution is -2.29. The third-order valence-electron chi connectivity index (χ3n) is 3.54. The Balaban J connectivity index is 1.99. The van der Waals surface area contributed by atoms with Crippen LogP contribution in [0.5, 0.6) is 5.75 Å². The molecule has 2 aromatic rings. The number of ether oxygens (including phenoxy) is 1. The highest BCUT2D eigenvalue weighted by atomic mass is 16.5. The molecule has 1 amide bonds. The van der Waals surface area contributed by atoms with Gasteiger partial charge in [-0.15, -0.1) is 0 Å². The average molecular weight is 317 g/mol. The van der Waals surface area contributed by atoms with E-state index in [2.05, 4.69) is 15.5 Å². The van der Waals surface area contributed by atoms with E-state index in [9.17, 15) is 9.90 Å². The summed E-state index contributed by atoms with van der Waals surface area (Å²) in [5.74, 6) is 0.743. The van der Waals surface area contributed by atoms with E-state index in [4.69, 9.17) is 4.74 Å². The van der Waals surface area contributed by atoms with Gasteiger partial charge in [-0.2, -0.15) is 5.10 Å². The first kappa shape index (κ1) is 17.0. The highest BCUT2D eigenvalue weighted by Gasteiger charge is 2.13. The number of aliphatic hydroxyl groups is 1. The van der Waals surface area contributed by atoms with Crippen molar-refractivity contribution in [3.63, 3.8) is 0 Å². The van der Waals surface area contributed by atoms with Gasteiger partial charge in [0.1, 0.15) is 11.4 Å². The Hall–Kier alpha value is -2.34. The molecule has 0 fully saturated rings. The van der Waals surface area contributed by atoms with E-state index in [0.717, 1.165) is 11.3 Å². The van der Waals surface area contributed by atoms with Crippen LogP contribution in [0.1, 0.15) is 30.8 Å². The molecule has 0 bridgehead atoms. The van der Waals surface area contributed by atoms with Crippen molar-refractivity contribution in [3.05, 3.63) is 36.0 Å². The zero-order valence-corrected chi connectivity index (χ0v) is 13.7. The van der Waals surface area contributed by atoms with Gasteiger partial charge in [0.15, 0.2) is 0 Å². The maximum Gasteiger partial charge on any atom is 0.269 e. The molecule has 1 aromatic carbocycles. The van der Waals surface area contributed by atoms with E-state index in [1.54, 1.807) is 20.1 Å². The molecule has 0 spiro atoms. The molecule has 2 unspecified atom stereocenters. The molecule has 2 atom stereocenters. The first-order valence-corrected chi connectivity index (χ1v) is 7.65. The van der Waals surface area contributed by atoms with Crippen molar-refractivity contribution in [2.24, 2.45) is 5.92 Å². The lowest BCUT2D eigenvalue weighted by atomic mass is 10.0. The van der Waals surface area contributed by atoms with Crippen LogP contribution in [0.3, 0.4) is 0 Å². The predicted octanol–water partition coefficient (Wildman–Crippen LogP) is 2.22. The summed E-state index contributed by atoms with van der Waals surface area (Å²) in [5.41, 5.74) is 1.97. The van der Waals surface area contributed by atoms with Crippen molar-refractivity contribution in [3.8, 4) is 17.0 Å². The number of rotatable bonds is 7. The standard InChI is InChI=1S/C17H23N3O3/c1-11(7-12(2)21)10-18-17(22)16-9-15(19-20-16)13-5-4-6-14(8-13)23-3/h4-6,8-9,11-12,21H,7,10H2,1-3H3,(H,18,22)(H,19,20). The number of aromatic nitrogens is 2. The Kier molecular flexibility index (Phi) is 5.76. The topological polar surface area (TPSA) is 87.2 Å². The normalized spacial score (nSPS) is 13.4. The van der Waals surface area contributed by atoms with Gasteiger partial charge in [0.05, 0.1) is 18.9 Å². The van der Waals surface area contributed by atoms with Gasteiger partial charge in [0.25, 0.3) is 5.91 Å². The Morgan fingerprint density at radius 1 is 1.39 bits per heavy atom. The molecule has 0 saturated heterocycles. The van der Waals surface area contributed by atoms with E-state index < -0.39 is 0 Å². The Labute approximate surface area is 135 Å². The van der Waals surface area contributed by atoms with Gasteiger partial charge in [0.2, 0.25) is 0 Å². The molecular formula is C17H23N3O3. The number of methoxy groups -OCH3 is 1. The van der Waals surface area contributed by atoms with Gasteiger partial charge >= 0.3 is 0 Å². The van der Waals surface area contributed by atoms with Crippen LogP contribution in [-0.4, -0.2) is 41.0 Å². The fourth-order valence-electron chi connectivity index (χ4n) is 2.40. The SMILES string of the molecule is COc1cccc(-c2cc(C(=O)NCC(C)CC(C)O)[nH]n2)c1. The first-order chi connectivity index (χ1) is 11.0. The van der Waals surface area contributed by atoms with Crippen molar-refractivity contribution >= 4 is 5.91 Å². The molecule has 6 heteroatoms. The third-order valence-corrected chi connectivity index (χ3v) is 3.54. The van der Waals surface area contributed by atoms with Gasteiger partial charge in [-0.1, -0.05) is 19.1 Å². The highest BCUT2D eigenvalue weighted by molar-refractivity contribution is 5.93. The number of nitrogens with one attached hydrogen (secondary N) is 2. The summed E-state index contributed by atoms with van der Waals surface area (Å²) in [6.07, 6.45) is 0.284. The lowest BCUT2D eigenvalue weighted by molar-refractivity contribution is 0.0934. The van der Waals surface area contributed by atoms with Crippen molar-refractivity contribution in [1.29, 1.82) is 0 Å². The van der Waals surface area contributed by atoms with Crippen LogP contribution in [-0.2, 0) is 0 Å². The number of carbonyl (C=O) groups is 1. The van der Waals surface area contributed by atoms with Crippen LogP contribution in [0.4, 0.5) is 0 Å². The summed E-state index contributed by atoms with van der Waals surface area (Å²) in [7, 11) is 1.61. The second-order valence-electron chi connectivity index (χ2n) is 5.80. The number of carbonyl (C=O) groups excluding carboxylic acids is 1. The summed E-state index contributed by atoms with van der Waals surface area (Å²) in [4.78, 5) is 12.1. The Morgan fingerprint density at radius 2 is 2.17 bits per heavy atom. The largest absolute Gasteiger partial charge is 0.497 e. The Morgan fingerprint density at radius 3 is 2.87 bits per heavy atom. The molecule has 0 aliphatic heterocycles. The monoisotopic (exact) mass is 317 g/mol. The maximum absolute atomic E-state index is 12.1. The molecule has 6 nitrogen and oxygen atoms in total. The smallest absolute Gasteiger partial charge is 0.269 e. The number of hydrogen-bond acceptors (Lipinski definition) is 4. The minimum atomic E-state index is -0.367. The van der Waals surface area contributed by atoms with E-state index in [-0.39, 0.29) is 17.9 Å². The van der Waals surface area contributed by atoms with Crippen LogP contribution in [0.2, 0.25) is 0 Å². The summed E-state index contributed by atoms with van der Waals surface area (Å²) >= 11 is 0. The van der Waals surface area contributed by atoms with Crippen LogP contribution in [0, 0.1) is 5.92 Å². The summed E-state index contributed by atoms with van der Waals surface area (Å²) in [5, 5.41) is 19.1. The van der Waals surface area contributed by atoms with E-state index in [1.807, 2.05) is 31.2 Å². The molecule has 124 valence electrons. The minimum Gasteiger partial charge on any atom is -0.497 e. The average Bonchev–Trinajstić information content (AvgIpc) is 3.02. The second-order valence-corrected chi connectivity index (χ2v) is 5.80. The minimum absolute atomic E-state index is 0.205. The number of aromatic amines is 1. The maximum atomic E-state index is 12.1. The molecule has 2 rings (SSSR count). The van der Waals surface area contributed by atoms with Crippen molar-refractivity contribution < 1.29 is 14.6 Å². The molecular weight excluding hydrogens is 294 g/mol. The van der Waals surface area contributed by atoms with Crippen molar-refractivity contribution in [2.45, 2.75) is 26.4 Å². The summed E-state index contributed by atoms with van der Waals surface area (Å²) in [6.45, 7) is 4.24. The molecule has 1 aromatic heterocycles. The fraction of sp³-hybridized carbons (Fsp3) is 0.412. The lowest BCUT2D eigenvalue weighted by Gasteiger charge is -2.13. The van der Waals surface area contributed by atoms with E-state index in [1.165, 1.54) is 0 Å². The van der Waals surface area contributed by atoms with Gasteiger partial charge < -0.3 is 15.2 Å². The molecule has 0 saturated carbocycles. The van der Waals surface area contributed by atoms with Gasteiger partial charge in [-0.25, -0.2) is 0 Å². The molecule has 0 aliphatic rings. The molecule has 1 heterocycles. The third kappa shape index (κ3) is 4.82. The second kappa shape index (κ2) is 7.78. The molecule has 0 aliphatic carbocycles. The quantitative estimate of drug-likeness (QED) is 0.731.